The molecule has 0 bridgehead atoms. The van der Waals surface area contributed by atoms with Crippen molar-refractivity contribution in [2.75, 3.05) is 11.5 Å². The minimum Gasteiger partial charge on any atom is -0.481 e. The minimum atomic E-state index is -1.26. The minimum absolute atomic E-state index is 0.176. The zero-order valence-electron chi connectivity index (χ0n) is 18.1. The molecule has 0 aliphatic heterocycles. The third kappa shape index (κ3) is 4.89. The molecule has 174 valence electrons. The molecule has 2 aliphatic rings. The van der Waals surface area contributed by atoms with Crippen LogP contribution >= 0.6 is 0 Å². The maximum atomic E-state index is 12.6. The smallest absolute Gasteiger partial charge is 0.326 e. The second kappa shape index (κ2) is 9.05. The molecule has 0 saturated carbocycles. The largest absolute Gasteiger partial charge is 0.481 e. The van der Waals surface area contributed by atoms with E-state index < -0.39 is 23.9 Å². The highest BCUT2D eigenvalue weighted by Gasteiger charge is 2.32. The predicted molar refractivity (Wildman–Crippen MR) is 120 cm³/mol. The summed E-state index contributed by atoms with van der Waals surface area (Å²) in [5, 5.41) is 20.5. The highest BCUT2D eigenvalue weighted by Crippen LogP contribution is 2.42. The second-order valence-electron chi connectivity index (χ2n) is 8.85. The zero-order chi connectivity index (χ0) is 23.7. The van der Waals surface area contributed by atoms with Gasteiger partial charge in [-0.1, -0.05) is 6.07 Å². The van der Waals surface area contributed by atoms with Crippen molar-refractivity contribution in [3.05, 3.63) is 46.1 Å². The molecule has 2 unspecified atom stereocenters. The van der Waals surface area contributed by atoms with Gasteiger partial charge in [-0.05, 0) is 73.6 Å². The van der Waals surface area contributed by atoms with Gasteiger partial charge in [0, 0.05) is 17.5 Å². The average Bonchev–Trinajstić information content (AvgIpc) is 3.33. The van der Waals surface area contributed by atoms with E-state index in [-0.39, 0.29) is 24.7 Å². The fraction of sp³-hybridized carbons (Fsp3) is 0.435. The van der Waals surface area contributed by atoms with Crippen molar-refractivity contribution in [3.8, 4) is 0 Å². The van der Waals surface area contributed by atoms with Crippen LogP contribution in [-0.4, -0.2) is 44.1 Å². The Balaban J connectivity index is 1.41. The first kappa shape index (κ1) is 22.5. The number of aromatic nitrogens is 2. The molecule has 0 fully saturated rings. The number of rotatable bonds is 8. The fourth-order valence-electron chi connectivity index (χ4n) is 5.07. The lowest BCUT2D eigenvalue weighted by atomic mass is 9.89. The number of benzene rings is 1. The molecular formula is C23H27N5O5. The summed E-state index contributed by atoms with van der Waals surface area (Å²) in [6.45, 7) is 0. The molecule has 10 heteroatoms. The number of hydrogen-bond acceptors (Lipinski definition) is 7. The maximum Gasteiger partial charge on any atom is 0.326 e. The molecule has 1 amide bonds. The quantitative estimate of drug-likeness (QED) is 0.396. The standard InChI is InChI=1S/C23H27N5O5/c24-20-19-13(3-4-16(19)27-23(25)28-20)8-11-7-12-1-2-14(10-15(12)9-11)21(31)26-17(22(32)33)5-6-18(29)30/h1-2,10-11,13,17H,3-9H2,(H,26,31)(H,29,30)(H,32,33)(H4,24,25,27,28)/t11?,13?,17-/m0/s1. The lowest BCUT2D eigenvalue weighted by Gasteiger charge is -2.17. The van der Waals surface area contributed by atoms with Gasteiger partial charge in [0.2, 0.25) is 5.95 Å². The summed E-state index contributed by atoms with van der Waals surface area (Å²) in [7, 11) is 0. The van der Waals surface area contributed by atoms with Crippen LogP contribution in [0.1, 0.15) is 64.3 Å². The Kier molecular flexibility index (Phi) is 6.17. The van der Waals surface area contributed by atoms with E-state index in [9.17, 15) is 19.5 Å². The Morgan fingerprint density at radius 2 is 1.88 bits per heavy atom. The van der Waals surface area contributed by atoms with Gasteiger partial charge in [-0.3, -0.25) is 9.59 Å². The first-order valence-electron chi connectivity index (χ1n) is 11.0. The Labute approximate surface area is 190 Å². The molecule has 2 aliphatic carbocycles. The zero-order valence-corrected chi connectivity index (χ0v) is 18.1. The van der Waals surface area contributed by atoms with Crippen LogP contribution in [0.4, 0.5) is 11.8 Å². The summed E-state index contributed by atoms with van der Waals surface area (Å²) in [6, 6.07) is 4.16. The van der Waals surface area contributed by atoms with Gasteiger partial charge in [0.15, 0.2) is 0 Å². The number of anilines is 2. The van der Waals surface area contributed by atoms with E-state index >= 15 is 0 Å². The van der Waals surface area contributed by atoms with Crippen LogP contribution in [0, 0.1) is 5.92 Å². The molecule has 7 N–H and O–H groups in total. The summed E-state index contributed by atoms with van der Waals surface area (Å²) < 4.78 is 0. The molecule has 1 aromatic carbocycles. The lowest BCUT2D eigenvalue weighted by molar-refractivity contribution is -0.140. The number of carbonyl (C=O) groups excluding carboxylic acids is 1. The summed E-state index contributed by atoms with van der Waals surface area (Å²) in [4.78, 5) is 43.2. The van der Waals surface area contributed by atoms with Crippen molar-refractivity contribution in [2.45, 2.75) is 56.9 Å². The number of nitrogens with two attached hydrogens (primary N) is 2. The molecule has 10 nitrogen and oxygen atoms in total. The van der Waals surface area contributed by atoms with Crippen molar-refractivity contribution in [3.63, 3.8) is 0 Å². The number of aliphatic carboxylic acids is 2. The number of carboxylic acid groups (broad SMARTS) is 2. The van der Waals surface area contributed by atoms with Gasteiger partial charge in [-0.15, -0.1) is 0 Å². The highest BCUT2D eigenvalue weighted by molar-refractivity contribution is 5.97. The van der Waals surface area contributed by atoms with Crippen LogP contribution in [0.25, 0.3) is 0 Å². The van der Waals surface area contributed by atoms with Crippen LogP contribution < -0.4 is 16.8 Å². The Hall–Kier alpha value is -3.69. The number of nitrogen functional groups attached to an aromatic ring is 2. The van der Waals surface area contributed by atoms with E-state index in [1.54, 1.807) is 6.07 Å². The van der Waals surface area contributed by atoms with Crippen LogP contribution in [-0.2, 0) is 28.9 Å². The number of carbonyl (C=O) groups is 3. The van der Waals surface area contributed by atoms with E-state index in [0.29, 0.717) is 17.3 Å². The molecule has 2 aromatic rings. The molecular weight excluding hydrogens is 426 g/mol. The molecule has 1 heterocycles. The topological polar surface area (TPSA) is 182 Å². The molecule has 4 rings (SSSR count). The molecule has 1 aromatic heterocycles. The normalized spacial score (nSPS) is 19.5. The van der Waals surface area contributed by atoms with Gasteiger partial charge in [-0.25, -0.2) is 9.78 Å². The summed E-state index contributed by atoms with van der Waals surface area (Å²) >= 11 is 0. The first-order chi connectivity index (χ1) is 15.7. The Bertz CT molecular complexity index is 1120. The number of amides is 1. The average molecular weight is 453 g/mol. The molecule has 33 heavy (non-hydrogen) atoms. The van der Waals surface area contributed by atoms with Crippen LogP contribution in [0.3, 0.4) is 0 Å². The monoisotopic (exact) mass is 453 g/mol. The SMILES string of the molecule is Nc1nc(N)c2c(n1)CCC2CC1Cc2ccc(C(=O)N[C@@H](CCC(=O)O)C(=O)O)cc2C1. The van der Waals surface area contributed by atoms with Crippen molar-refractivity contribution >= 4 is 29.6 Å². The van der Waals surface area contributed by atoms with E-state index in [4.69, 9.17) is 16.6 Å². The number of nitrogens with zero attached hydrogens (tertiary/aromatic N) is 2. The number of carboxylic acids is 2. The van der Waals surface area contributed by atoms with Gasteiger partial charge < -0.3 is 27.0 Å². The van der Waals surface area contributed by atoms with Crippen molar-refractivity contribution in [1.29, 1.82) is 0 Å². The second-order valence-corrected chi connectivity index (χ2v) is 8.85. The van der Waals surface area contributed by atoms with Gasteiger partial charge in [0.05, 0.1) is 5.69 Å². The van der Waals surface area contributed by atoms with Crippen LogP contribution in [0.5, 0.6) is 0 Å². The van der Waals surface area contributed by atoms with E-state index in [0.717, 1.165) is 48.9 Å². The van der Waals surface area contributed by atoms with Gasteiger partial charge in [0.25, 0.3) is 5.91 Å². The Morgan fingerprint density at radius 1 is 1.12 bits per heavy atom. The predicted octanol–water partition coefficient (Wildman–Crippen LogP) is 1.52. The highest BCUT2D eigenvalue weighted by atomic mass is 16.4. The van der Waals surface area contributed by atoms with Gasteiger partial charge in [-0.2, -0.15) is 4.98 Å². The summed E-state index contributed by atoms with van der Waals surface area (Å²) in [5.41, 5.74) is 16.4. The number of aryl methyl sites for hydroxylation is 1. The van der Waals surface area contributed by atoms with Crippen molar-refractivity contribution in [1.82, 2.24) is 15.3 Å². The third-order valence-electron chi connectivity index (χ3n) is 6.56. The number of fused-ring (bicyclic) bond motifs is 2. The van der Waals surface area contributed by atoms with Crippen molar-refractivity contribution in [2.24, 2.45) is 5.92 Å². The van der Waals surface area contributed by atoms with E-state index in [1.165, 1.54) is 5.56 Å². The summed E-state index contributed by atoms with van der Waals surface area (Å²) in [5.74, 6) is -1.54. The van der Waals surface area contributed by atoms with Crippen molar-refractivity contribution < 1.29 is 24.6 Å². The number of hydrogen-bond donors (Lipinski definition) is 5. The summed E-state index contributed by atoms with van der Waals surface area (Å²) in [6.07, 6.45) is 3.95. The maximum absolute atomic E-state index is 12.6. The first-order valence-corrected chi connectivity index (χ1v) is 11.0. The van der Waals surface area contributed by atoms with Crippen LogP contribution in [0.2, 0.25) is 0 Å². The van der Waals surface area contributed by atoms with Gasteiger partial charge >= 0.3 is 11.9 Å². The van der Waals surface area contributed by atoms with Gasteiger partial charge in [0.1, 0.15) is 11.9 Å². The van der Waals surface area contributed by atoms with E-state index in [1.807, 2.05) is 12.1 Å². The van der Waals surface area contributed by atoms with Crippen LogP contribution in [0.15, 0.2) is 18.2 Å². The van der Waals surface area contributed by atoms with E-state index in [2.05, 4.69) is 15.3 Å². The Morgan fingerprint density at radius 3 is 2.61 bits per heavy atom. The number of nitrogens with one attached hydrogen (secondary N) is 1. The fourth-order valence-corrected chi connectivity index (χ4v) is 5.07. The molecule has 0 radical (unpaired) electrons. The third-order valence-corrected chi connectivity index (χ3v) is 6.56. The lowest BCUT2D eigenvalue weighted by Crippen LogP contribution is -2.41. The molecule has 0 saturated heterocycles. The molecule has 3 atom stereocenters. The molecule has 0 spiro atoms.